The van der Waals surface area contributed by atoms with Crippen LogP contribution in [0, 0.1) is 0 Å². The molecule has 4 nitrogen and oxygen atoms in total. The van der Waals surface area contributed by atoms with E-state index < -0.39 is 24.0 Å². The summed E-state index contributed by atoms with van der Waals surface area (Å²) in [6.45, 7) is 0.863. The van der Waals surface area contributed by atoms with E-state index in [4.69, 9.17) is 0 Å². The first-order valence-electron chi connectivity index (χ1n) is 6.61. The Kier molecular flexibility index (Phi) is 5.61. The fourth-order valence-electron chi connectivity index (χ4n) is 1.80. The molecule has 0 aromatic carbocycles. The minimum atomic E-state index is -3.13. The molecule has 0 saturated heterocycles. The SMILES string of the molecule is COC(=O)[C@@H](/N=C/c1ccc(-c2cccs2)s1)[C@](C)(O)C(F)F. The van der Waals surface area contributed by atoms with Crippen LogP contribution in [0.3, 0.4) is 0 Å². The van der Waals surface area contributed by atoms with Crippen molar-refractivity contribution in [2.45, 2.75) is 25.0 Å². The normalized spacial score (nSPS) is 15.7. The monoisotopic (exact) mass is 359 g/mol. The van der Waals surface area contributed by atoms with Crippen LogP contribution < -0.4 is 0 Å². The fraction of sp³-hybridized carbons (Fsp3) is 0.333. The molecule has 8 heteroatoms. The highest BCUT2D eigenvalue weighted by atomic mass is 32.1. The number of hydrogen-bond donors (Lipinski definition) is 1. The minimum Gasteiger partial charge on any atom is -0.467 e. The number of aliphatic imine (C=N–C) groups is 1. The number of rotatable bonds is 6. The van der Waals surface area contributed by atoms with Gasteiger partial charge in [-0.3, -0.25) is 4.99 Å². The van der Waals surface area contributed by atoms with Crippen molar-refractivity contribution in [2.24, 2.45) is 4.99 Å². The van der Waals surface area contributed by atoms with Gasteiger partial charge in [-0.15, -0.1) is 22.7 Å². The van der Waals surface area contributed by atoms with Gasteiger partial charge in [0.2, 0.25) is 0 Å². The number of methoxy groups -OCH3 is 1. The number of aliphatic hydroxyl groups is 1. The van der Waals surface area contributed by atoms with Gasteiger partial charge in [-0.1, -0.05) is 6.07 Å². The van der Waals surface area contributed by atoms with Crippen LogP contribution in [0.1, 0.15) is 11.8 Å². The van der Waals surface area contributed by atoms with Crippen LogP contribution in [0.2, 0.25) is 0 Å². The number of esters is 1. The summed E-state index contributed by atoms with van der Waals surface area (Å²) < 4.78 is 30.4. The lowest BCUT2D eigenvalue weighted by atomic mass is 9.97. The first-order valence-corrected chi connectivity index (χ1v) is 8.31. The van der Waals surface area contributed by atoms with E-state index in [1.807, 2.05) is 23.6 Å². The van der Waals surface area contributed by atoms with Gasteiger partial charge < -0.3 is 9.84 Å². The molecule has 0 spiro atoms. The molecule has 2 aromatic rings. The molecule has 124 valence electrons. The van der Waals surface area contributed by atoms with Gasteiger partial charge in [-0.25, -0.2) is 13.6 Å². The number of nitrogens with zero attached hydrogens (tertiary/aromatic N) is 1. The maximum absolute atomic E-state index is 12.9. The van der Waals surface area contributed by atoms with E-state index in [-0.39, 0.29) is 0 Å². The van der Waals surface area contributed by atoms with Crippen LogP contribution in [0.25, 0.3) is 9.75 Å². The van der Waals surface area contributed by atoms with Crippen molar-refractivity contribution in [3.8, 4) is 9.75 Å². The molecule has 2 heterocycles. The number of ether oxygens (including phenoxy) is 1. The van der Waals surface area contributed by atoms with Crippen LogP contribution in [-0.2, 0) is 9.53 Å². The second-order valence-electron chi connectivity index (χ2n) is 4.91. The Bertz CT molecular complexity index is 681. The average Bonchev–Trinajstić information content (AvgIpc) is 3.17. The van der Waals surface area contributed by atoms with E-state index in [1.54, 1.807) is 17.4 Å². The molecule has 23 heavy (non-hydrogen) atoms. The number of thiophene rings is 2. The van der Waals surface area contributed by atoms with E-state index in [0.29, 0.717) is 4.88 Å². The molecule has 2 atom stereocenters. The fourth-order valence-corrected chi connectivity index (χ4v) is 3.53. The Hall–Kier alpha value is -1.64. The summed E-state index contributed by atoms with van der Waals surface area (Å²) in [5.41, 5.74) is -2.60. The van der Waals surface area contributed by atoms with Crippen LogP contribution in [0.4, 0.5) is 8.78 Å². The highest BCUT2D eigenvalue weighted by Gasteiger charge is 2.45. The summed E-state index contributed by atoms with van der Waals surface area (Å²) in [4.78, 5) is 18.3. The second kappa shape index (κ2) is 7.29. The van der Waals surface area contributed by atoms with Crippen LogP contribution in [0.15, 0.2) is 34.6 Å². The Labute approximate surface area is 140 Å². The molecule has 1 N–H and O–H groups in total. The maximum Gasteiger partial charge on any atom is 0.333 e. The third-order valence-electron chi connectivity index (χ3n) is 3.16. The van der Waals surface area contributed by atoms with Crippen LogP contribution >= 0.6 is 22.7 Å². The van der Waals surface area contributed by atoms with Gasteiger partial charge in [0.15, 0.2) is 11.6 Å². The Morgan fingerprint density at radius 2 is 2.13 bits per heavy atom. The molecule has 0 aliphatic rings. The van der Waals surface area contributed by atoms with Crippen molar-refractivity contribution in [1.82, 2.24) is 0 Å². The molecule has 0 fully saturated rings. The molecular formula is C15H15F2NO3S2. The predicted octanol–water partition coefficient (Wildman–Crippen LogP) is 3.45. The third kappa shape index (κ3) is 4.01. The number of halogens is 2. The molecule has 0 saturated carbocycles. The summed E-state index contributed by atoms with van der Waals surface area (Å²) in [6.07, 6.45) is -1.83. The standard InChI is InChI=1S/C15H15F2NO3S2/c1-15(20,14(16)17)12(13(19)21-2)18-8-9-5-6-11(23-9)10-4-3-7-22-10/h3-8,12,14,20H,1-2H3/b18-8+/t12-,15+/m1/s1. The van der Waals surface area contributed by atoms with Crippen molar-refractivity contribution in [2.75, 3.05) is 7.11 Å². The Morgan fingerprint density at radius 3 is 2.70 bits per heavy atom. The van der Waals surface area contributed by atoms with E-state index >= 15 is 0 Å². The topological polar surface area (TPSA) is 58.9 Å². The molecule has 0 radical (unpaired) electrons. The van der Waals surface area contributed by atoms with Gasteiger partial charge in [0, 0.05) is 20.8 Å². The van der Waals surface area contributed by atoms with Crippen molar-refractivity contribution >= 4 is 34.9 Å². The highest BCUT2D eigenvalue weighted by molar-refractivity contribution is 7.22. The lowest BCUT2D eigenvalue weighted by Crippen LogP contribution is -2.49. The van der Waals surface area contributed by atoms with Gasteiger partial charge in [-0.2, -0.15) is 0 Å². The summed E-state index contributed by atoms with van der Waals surface area (Å²) >= 11 is 2.99. The average molecular weight is 359 g/mol. The number of hydrogen-bond acceptors (Lipinski definition) is 6. The van der Waals surface area contributed by atoms with Gasteiger partial charge >= 0.3 is 5.97 Å². The zero-order chi connectivity index (χ0) is 17.0. The predicted molar refractivity (Wildman–Crippen MR) is 87.7 cm³/mol. The van der Waals surface area contributed by atoms with Crippen molar-refractivity contribution in [3.63, 3.8) is 0 Å². The van der Waals surface area contributed by atoms with Crippen molar-refractivity contribution in [3.05, 3.63) is 34.5 Å². The summed E-state index contributed by atoms with van der Waals surface area (Å²) in [7, 11) is 1.06. The van der Waals surface area contributed by atoms with E-state index in [2.05, 4.69) is 9.73 Å². The second-order valence-corrected chi connectivity index (χ2v) is 6.97. The molecule has 0 amide bonds. The van der Waals surface area contributed by atoms with E-state index in [1.165, 1.54) is 17.6 Å². The summed E-state index contributed by atoms with van der Waals surface area (Å²) in [6, 6.07) is 5.86. The lowest BCUT2D eigenvalue weighted by molar-refractivity contribution is -0.158. The van der Waals surface area contributed by atoms with Gasteiger partial charge in [0.05, 0.1) is 7.11 Å². The van der Waals surface area contributed by atoms with Crippen LogP contribution in [0.5, 0.6) is 0 Å². The van der Waals surface area contributed by atoms with Gasteiger partial charge in [0.25, 0.3) is 6.43 Å². The molecule has 0 unspecified atom stereocenters. The third-order valence-corrected chi connectivity index (χ3v) is 5.25. The maximum atomic E-state index is 12.9. The zero-order valence-electron chi connectivity index (χ0n) is 12.4. The molecular weight excluding hydrogens is 344 g/mol. The molecule has 0 aliphatic heterocycles. The first kappa shape index (κ1) is 17.7. The smallest absolute Gasteiger partial charge is 0.333 e. The van der Waals surface area contributed by atoms with Gasteiger partial charge in [-0.05, 0) is 30.5 Å². The highest BCUT2D eigenvalue weighted by Crippen LogP contribution is 2.31. The van der Waals surface area contributed by atoms with E-state index in [9.17, 15) is 18.7 Å². The first-order chi connectivity index (χ1) is 10.9. The molecule has 0 bridgehead atoms. The van der Waals surface area contributed by atoms with Crippen molar-refractivity contribution in [1.29, 1.82) is 0 Å². The number of alkyl halides is 2. The quantitative estimate of drug-likeness (QED) is 0.635. The van der Waals surface area contributed by atoms with Crippen molar-refractivity contribution < 1.29 is 23.4 Å². The summed E-state index contributed by atoms with van der Waals surface area (Å²) in [5.74, 6) is -1.01. The Balaban J connectivity index is 2.22. The van der Waals surface area contributed by atoms with E-state index in [0.717, 1.165) is 23.8 Å². The number of carbonyl (C=O) groups excluding carboxylic acids is 1. The zero-order valence-corrected chi connectivity index (χ0v) is 14.0. The lowest BCUT2D eigenvalue weighted by Gasteiger charge is -2.27. The molecule has 2 aromatic heterocycles. The Morgan fingerprint density at radius 1 is 1.39 bits per heavy atom. The largest absolute Gasteiger partial charge is 0.467 e. The van der Waals surface area contributed by atoms with Crippen LogP contribution in [-0.4, -0.2) is 42.5 Å². The molecule has 0 aliphatic carbocycles. The number of carbonyl (C=O) groups is 1. The summed E-state index contributed by atoms with van der Waals surface area (Å²) in [5, 5.41) is 11.8. The molecule has 2 rings (SSSR count). The van der Waals surface area contributed by atoms with Gasteiger partial charge in [0.1, 0.15) is 0 Å². The minimum absolute atomic E-state index is 0.687.